The highest BCUT2D eigenvalue weighted by atomic mass is 16.5. The van der Waals surface area contributed by atoms with Crippen molar-refractivity contribution in [3.63, 3.8) is 0 Å². The first-order valence-electron chi connectivity index (χ1n) is 9.49. The molecule has 1 N–H and O–H groups in total. The van der Waals surface area contributed by atoms with Gasteiger partial charge in [-0.15, -0.1) is 0 Å². The normalized spacial score (nSPS) is 18.0. The Bertz CT molecular complexity index is 615. The first kappa shape index (κ1) is 9.81. The predicted molar refractivity (Wildman–Crippen MR) is 73.6 cm³/mol. The van der Waals surface area contributed by atoms with Gasteiger partial charge >= 0.3 is 12.2 Å². The highest BCUT2D eigenvalue weighted by Gasteiger charge is 2.24. The fraction of sp³-hybridized carbons (Fsp3) is 0.692. The molecule has 0 aliphatic heterocycles. The molecule has 0 aliphatic carbocycles. The van der Waals surface area contributed by atoms with E-state index in [2.05, 4.69) is 14.8 Å². The lowest BCUT2D eigenvalue weighted by Gasteiger charge is -2.18. The lowest BCUT2D eigenvalue weighted by atomic mass is 10.1. The smallest absolute Gasteiger partial charge is 0.328 e. The van der Waals surface area contributed by atoms with Crippen LogP contribution in [-0.2, 0) is 23.9 Å². The van der Waals surface area contributed by atoms with Gasteiger partial charge in [0.05, 0.1) is 7.45 Å². The van der Waals surface area contributed by atoms with Crippen molar-refractivity contribution in [2.75, 3.05) is 13.2 Å². The summed E-state index contributed by atoms with van der Waals surface area (Å²) in [5.41, 5.74) is 8.31. The van der Waals surface area contributed by atoms with Crippen LogP contribution >= 0.6 is 0 Å². The molecule has 0 rings (SSSR count). The van der Waals surface area contributed by atoms with E-state index in [0.29, 0.717) is 6.21 Å². The Balaban J connectivity index is 5.54. The number of ether oxygens (including phenoxy) is 2. The van der Waals surface area contributed by atoms with Gasteiger partial charge in [-0.2, -0.15) is 4.79 Å². The average Bonchev–Trinajstić information content (AvgIpc) is 2.54. The number of esters is 1. The maximum atomic E-state index is 12.3. The average molecular weight is 306 g/mol. The largest absolute Gasteiger partial charge is 0.461 e. The number of nitrogens with one attached hydrogen (secondary N) is 1. The number of carbonyl (C=O) groups is 3. The Hall–Kier alpha value is -2.05. The number of hydrogen-bond acceptors (Lipinski definition) is 5. The zero-order chi connectivity index (χ0) is 22.2. The molecule has 1 amide bonds. The molecule has 0 aromatic carbocycles. The van der Waals surface area contributed by atoms with Crippen molar-refractivity contribution in [3.05, 3.63) is 5.53 Å². The van der Waals surface area contributed by atoms with Crippen molar-refractivity contribution >= 4 is 23.9 Å². The molecule has 0 bridgehead atoms. The van der Waals surface area contributed by atoms with Gasteiger partial charge in [0.25, 0.3) is 0 Å². The lowest BCUT2D eigenvalue weighted by molar-refractivity contribution is -0.152. The van der Waals surface area contributed by atoms with Crippen LogP contribution in [0.15, 0.2) is 0 Å². The predicted octanol–water partition coefficient (Wildman–Crippen LogP) is 0.109. The summed E-state index contributed by atoms with van der Waals surface area (Å²) in [5.74, 6) is -3.07. The molecule has 0 fully saturated rings. The molecule has 0 aromatic rings. The van der Waals surface area contributed by atoms with E-state index < -0.39 is 62.9 Å². The van der Waals surface area contributed by atoms with Crippen LogP contribution in [0.4, 0.5) is 0 Å². The van der Waals surface area contributed by atoms with Gasteiger partial charge in [0.2, 0.25) is 11.7 Å². The Kier molecular flexibility index (Phi) is 5.00. The van der Waals surface area contributed by atoms with Gasteiger partial charge in [0, 0.05) is 21.3 Å². The molecule has 8 nitrogen and oxygen atoms in total. The fourth-order valence-electron chi connectivity index (χ4n) is 1.27. The summed E-state index contributed by atoms with van der Waals surface area (Å²) in [7, 11) is 0. The summed E-state index contributed by atoms with van der Waals surface area (Å²) in [6.07, 6.45) is -3.90. The highest BCUT2D eigenvalue weighted by molar-refractivity contribution is 6.25. The fourth-order valence-corrected chi connectivity index (χ4v) is 1.27. The number of amides is 1. The van der Waals surface area contributed by atoms with Crippen molar-refractivity contribution < 1.29 is 38.2 Å². The minimum atomic E-state index is -3.59. The highest BCUT2D eigenvalue weighted by Crippen LogP contribution is 2.03. The monoisotopic (exact) mass is 306 g/mol. The topological polar surface area (TPSA) is 118 Å². The third kappa shape index (κ3) is 9.48. The van der Waals surface area contributed by atoms with Crippen molar-refractivity contribution in [2.45, 2.75) is 45.6 Å². The lowest BCUT2D eigenvalue weighted by Crippen LogP contribution is -2.44. The second-order valence-electron chi connectivity index (χ2n) is 3.76. The zero-order valence-electron chi connectivity index (χ0n) is 18.4. The van der Waals surface area contributed by atoms with E-state index in [1.807, 2.05) is 0 Å². The molecule has 0 saturated carbocycles. The summed E-state index contributed by atoms with van der Waals surface area (Å²) < 4.78 is 60.4. The molecule has 0 unspecified atom stereocenters. The molecule has 0 aromatic heterocycles. The third-order valence-electron chi connectivity index (χ3n) is 2.14. The van der Waals surface area contributed by atoms with Crippen LogP contribution in [0.1, 0.15) is 43.1 Å². The molecular formula is C13H21N3O5. The molecule has 0 spiro atoms. The van der Waals surface area contributed by atoms with E-state index in [9.17, 15) is 14.4 Å². The zero-order valence-corrected chi connectivity index (χ0v) is 11.4. The van der Waals surface area contributed by atoms with E-state index in [4.69, 9.17) is 19.9 Å². The van der Waals surface area contributed by atoms with Gasteiger partial charge in [-0.1, -0.05) is 0 Å². The minimum Gasteiger partial charge on any atom is -0.461 e. The molecule has 0 heterocycles. The van der Waals surface area contributed by atoms with Gasteiger partial charge < -0.3 is 20.3 Å². The van der Waals surface area contributed by atoms with Gasteiger partial charge in [-0.25, -0.2) is 4.79 Å². The summed E-state index contributed by atoms with van der Waals surface area (Å²) in [4.78, 5) is 38.0. The summed E-state index contributed by atoms with van der Waals surface area (Å²) >= 11 is 0. The van der Waals surface area contributed by atoms with Crippen LogP contribution in [0, 0.1) is 0 Å². The Labute approximate surface area is 133 Å². The van der Waals surface area contributed by atoms with Crippen LogP contribution in [0.2, 0.25) is 0 Å². The number of nitrogens with zero attached hydrogens (tertiary/aromatic N) is 2. The summed E-state index contributed by atoms with van der Waals surface area (Å²) in [6.45, 7) is -5.72. The van der Waals surface area contributed by atoms with E-state index in [0.717, 1.165) is 0 Å². The minimum absolute atomic E-state index is 0.182. The molecule has 8 heteroatoms. The van der Waals surface area contributed by atoms with E-state index in [1.54, 1.807) is 6.92 Å². The molecule has 0 radical (unpaired) electrons. The first-order valence-corrected chi connectivity index (χ1v) is 5.99. The van der Waals surface area contributed by atoms with Crippen molar-refractivity contribution in [2.24, 2.45) is 0 Å². The summed E-state index contributed by atoms with van der Waals surface area (Å²) in [6, 6.07) is -1.64. The van der Waals surface area contributed by atoms with Gasteiger partial charge in [-0.3, -0.25) is 9.59 Å². The second kappa shape index (κ2) is 10.7. The number of hydrogen-bond donors (Lipinski definition) is 1. The van der Waals surface area contributed by atoms with Crippen LogP contribution in [-0.4, -0.2) is 54.0 Å². The van der Waals surface area contributed by atoms with Crippen LogP contribution in [0.25, 0.3) is 5.53 Å². The van der Waals surface area contributed by atoms with Crippen LogP contribution in [0.5, 0.6) is 0 Å². The van der Waals surface area contributed by atoms with Crippen LogP contribution in [0.3, 0.4) is 0 Å². The number of carbonyl (C=O) groups excluding carboxylic acids is 3. The number of rotatable bonds is 10. The summed E-state index contributed by atoms with van der Waals surface area (Å²) in [5, 5.41) is 2.13. The quantitative estimate of drug-likeness (QED) is 0.266. The standard InChI is InChI=1S/C13H21N3O5/c1-4-20-8-12(18)16-11(13(19)21-9(2)3)6-5-10(17)7-15-14/h7,9,11H,4-6,8H2,1-3H3,(H,16,18)/t11-/m0/s1/i2D3,3D3,9D. The number of Topliss-reactive ketones (excluding diaryl/α,β-unsaturated/α-hetero) is 1. The van der Waals surface area contributed by atoms with Crippen molar-refractivity contribution in [3.8, 4) is 0 Å². The first-order chi connectivity index (χ1) is 12.7. The van der Waals surface area contributed by atoms with Crippen molar-refractivity contribution in [1.29, 1.82) is 0 Å². The van der Waals surface area contributed by atoms with Crippen LogP contribution < -0.4 is 5.32 Å². The molecular weight excluding hydrogens is 278 g/mol. The van der Waals surface area contributed by atoms with Crippen molar-refractivity contribution in [1.82, 2.24) is 5.32 Å². The molecule has 0 saturated heterocycles. The third-order valence-corrected chi connectivity index (χ3v) is 2.14. The molecule has 0 aliphatic rings. The molecule has 1 atom stereocenters. The van der Waals surface area contributed by atoms with E-state index in [-0.39, 0.29) is 6.61 Å². The maximum absolute atomic E-state index is 12.3. The Morgan fingerprint density at radius 3 is 2.76 bits per heavy atom. The van der Waals surface area contributed by atoms with Gasteiger partial charge in [0.15, 0.2) is 0 Å². The van der Waals surface area contributed by atoms with Gasteiger partial charge in [-0.05, 0) is 27.0 Å². The maximum Gasteiger partial charge on any atom is 0.328 e. The molecule has 118 valence electrons. The van der Waals surface area contributed by atoms with E-state index >= 15 is 0 Å². The van der Waals surface area contributed by atoms with E-state index in [1.165, 1.54) is 0 Å². The Morgan fingerprint density at radius 2 is 2.19 bits per heavy atom. The Morgan fingerprint density at radius 1 is 1.48 bits per heavy atom. The SMILES string of the molecule is [2H]C([2H])([2H])C([2H])(OC(=O)[C@H](CCC(=O)C=[N+]=[N-])NC(=O)COCC)C([2H])([2H])[2H]. The second-order valence-corrected chi connectivity index (χ2v) is 3.76. The van der Waals surface area contributed by atoms with Gasteiger partial charge in [0.1, 0.15) is 12.6 Å². The molecule has 21 heavy (non-hydrogen) atoms. The number of ketones is 1.